The van der Waals surface area contributed by atoms with Gasteiger partial charge < -0.3 is 19.5 Å². The Labute approximate surface area is 179 Å². The summed E-state index contributed by atoms with van der Waals surface area (Å²) in [6.45, 7) is 2.79. The monoisotopic (exact) mass is 412 g/mol. The van der Waals surface area contributed by atoms with E-state index in [1.807, 2.05) is 18.2 Å². The molecular weight excluding hydrogens is 380 g/mol. The van der Waals surface area contributed by atoms with Crippen molar-refractivity contribution in [2.75, 3.05) is 41.0 Å². The molecule has 30 heavy (non-hydrogen) atoms. The van der Waals surface area contributed by atoms with Gasteiger partial charge in [0.1, 0.15) is 0 Å². The Morgan fingerprint density at radius 1 is 1.00 bits per heavy atom. The maximum absolute atomic E-state index is 12.6. The molecule has 1 saturated heterocycles. The molecule has 2 aromatic rings. The Balaban J connectivity index is 1.60. The molecule has 1 fully saturated rings. The smallest absolute Gasteiger partial charge is 0.220 e. The van der Waals surface area contributed by atoms with Crippen molar-refractivity contribution < 1.29 is 19.0 Å². The van der Waals surface area contributed by atoms with E-state index in [0.29, 0.717) is 36.6 Å². The van der Waals surface area contributed by atoms with Crippen molar-refractivity contribution in [2.24, 2.45) is 0 Å². The van der Waals surface area contributed by atoms with Crippen LogP contribution in [-0.4, -0.2) is 51.8 Å². The fourth-order valence-electron chi connectivity index (χ4n) is 4.02. The minimum absolute atomic E-state index is 0.0453. The lowest BCUT2D eigenvalue weighted by Crippen LogP contribution is -2.36. The Kier molecular flexibility index (Phi) is 7.97. The maximum atomic E-state index is 12.6. The van der Waals surface area contributed by atoms with E-state index in [1.165, 1.54) is 18.4 Å². The van der Waals surface area contributed by atoms with Crippen molar-refractivity contribution in [1.82, 2.24) is 10.2 Å². The third kappa shape index (κ3) is 5.45. The molecule has 1 amide bonds. The number of methoxy groups -OCH3 is 3. The number of carbonyl (C=O) groups is 1. The number of carbonyl (C=O) groups excluding carboxylic acids is 1. The van der Waals surface area contributed by atoms with E-state index in [-0.39, 0.29) is 11.9 Å². The lowest BCUT2D eigenvalue weighted by molar-refractivity contribution is -0.121. The number of amides is 1. The number of rotatable bonds is 10. The van der Waals surface area contributed by atoms with Gasteiger partial charge in [-0.3, -0.25) is 9.69 Å². The molecule has 0 aromatic heterocycles. The Hall–Kier alpha value is -2.73. The molecule has 1 atom stereocenters. The number of hydrogen-bond donors (Lipinski definition) is 1. The van der Waals surface area contributed by atoms with Gasteiger partial charge >= 0.3 is 0 Å². The highest BCUT2D eigenvalue weighted by Crippen LogP contribution is 2.38. The van der Waals surface area contributed by atoms with Gasteiger partial charge in [-0.05, 0) is 55.6 Å². The van der Waals surface area contributed by atoms with Crippen LogP contribution in [0.4, 0.5) is 0 Å². The standard InChI is InChI=1S/C24H32N2O4/c1-28-21-15-18(16-22(29-2)24(21)30-3)11-12-23(27)25-17-20(26-13-7-8-14-26)19-9-5-4-6-10-19/h4-6,9-10,15-16,20H,7-8,11-14,17H2,1-3H3,(H,25,27). The molecule has 1 N–H and O–H groups in total. The van der Waals surface area contributed by atoms with Crippen LogP contribution in [0.2, 0.25) is 0 Å². The van der Waals surface area contributed by atoms with Crippen molar-refractivity contribution in [3.63, 3.8) is 0 Å². The van der Waals surface area contributed by atoms with E-state index in [1.54, 1.807) is 21.3 Å². The molecule has 3 rings (SSSR count). The first-order chi connectivity index (χ1) is 14.7. The summed E-state index contributed by atoms with van der Waals surface area (Å²) in [6.07, 6.45) is 3.44. The minimum atomic E-state index is 0.0453. The molecule has 0 saturated carbocycles. The van der Waals surface area contributed by atoms with Gasteiger partial charge in [0.2, 0.25) is 11.7 Å². The second-order valence-corrected chi connectivity index (χ2v) is 7.51. The van der Waals surface area contributed by atoms with Gasteiger partial charge in [-0.15, -0.1) is 0 Å². The van der Waals surface area contributed by atoms with Gasteiger partial charge in [-0.2, -0.15) is 0 Å². The van der Waals surface area contributed by atoms with Crippen LogP contribution in [0.5, 0.6) is 17.2 Å². The van der Waals surface area contributed by atoms with Crippen LogP contribution in [-0.2, 0) is 11.2 Å². The van der Waals surface area contributed by atoms with Gasteiger partial charge in [0.05, 0.1) is 27.4 Å². The highest BCUT2D eigenvalue weighted by molar-refractivity contribution is 5.76. The summed E-state index contributed by atoms with van der Waals surface area (Å²) in [5.74, 6) is 1.81. The highest BCUT2D eigenvalue weighted by Gasteiger charge is 2.23. The largest absolute Gasteiger partial charge is 0.493 e. The van der Waals surface area contributed by atoms with Crippen LogP contribution >= 0.6 is 0 Å². The number of benzene rings is 2. The average molecular weight is 413 g/mol. The first kappa shape index (κ1) is 22.0. The normalized spacial score (nSPS) is 14.9. The third-order valence-corrected chi connectivity index (χ3v) is 5.62. The van der Waals surface area contributed by atoms with Crippen LogP contribution in [0.15, 0.2) is 42.5 Å². The molecule has 1 aliphatic heterocycles. The number of aryl methyl sites for hydroxylation is 1. The van der Waals surface area contributed by atoms with Gasteiger partial charge in [-0.25, -0.2) is 0 Å². The molecule has 0 bridgehead atoms. The lowest BCUT2D eigenvalue weighted by Gasteiger charge is -2.28. The summed E-state index contributed by atoms with van der Waals surface area (Å²) in [5, 5.41) is 3.14. The Morgan fingerprint density at radius 2 is 1.63 bits per heavy atom. The van der Waals surface area contributed by atoms with Crippen LogP contribution in [0.3, 0.4) is 0 Å². The first-order valence-electron chi connectivity index (χ1n) is 10.5. The quantitative estimate of drug-likeness (QED) is 0.646. The van der Waals surface area contributed by atoms with Crippen molar-refractivity contribution in [3.05, 3.63) is 53.6 Å². The molecular formula is C24H32N2O4. The molecule has 0 radical (unpaired) electrons. The molecule has 1 aliphatic rings. The highest BCUT2D eigenvalue weighted by atomic mass is 16.5. The number of ether oxygens (including phenoxy) is 3. The number of nitrogens with zero attached hydrogens (tertiary/aromatic N) is 1. The summed E-state index contributed by atoms with van der Waals surface area (Å²) in [4.78, 5) is 15.0. The van der Waals surface area contributed by atoms with Gasteiger partial charge in [0.25, 0.3) is 0 Å². The molecule has 6 heteroatoms. The molecule has 162 valence electrons. The van der Waals surface area contributed by atoms with E-state index < -0.39 is 0 Å². The predicted molar refractivity (Wildman–Crippen MR) is 117 cm³/mol. The van der Waals surface area contributed by atoms with E-state index in [0.717, 1.165) is 18.7 Å². The van der Waals surface area contributed by atoms with Crippen molar-refractivity contribution >= 4 is 5.91 Å². The second kappa shape index (κ2) is 10.9. The molecule has 6 nitrogen and oxygen atoms in total. The fourth-order valence-corrected chi connectivity index (χ4v) is 4.02. The number of hydrogen-bond acceptors (Lipinski definition) is 5. The third-order valence-electron chi connectivity index (χ3n) is 5.62. The summed E-state index contributed by atoms with van der Waals surface area (Å²) in [6, 6.07) is 14.4. The fraction of sp³-hybridized carbons (Fsp3) is 0.458. The van der Waals surface area contributed by atoms with Crippen LogP contribution < -0.4 is 19.5 Å². The number of likely N-dealkylation sites (tertiary alicyclic amines) is 1. The maximum Gasteiger partial charge on any atom is 0.220 e. The predicted octanol–water partition coefficient (Wildman–Crippen LogP) is 3.60. The van der Waals surface area contributed by atoms with Crippen LogP contribution in [0.25, 0.3) is 0 Å². The molecule has 2 aromatic carbocycles. The molecule has 1 heterocycles. The minimum Gasteiger partial charge on any atom is -0.493 e. The molecule has 0 aliphatic carbocycles. The van der Waals surface area contributed by atoms with E-state index in [4.69, 9.17) is 14.2 Å². The second-order valence-electron chi connectivity index (χ2n) is 7.51. The van der Waals surface area contributed by atoms with Crippen molar-refractivity contribution in [1.29, 1.82) is 0 Å². The van der Waals surface area contributed by atoms with Gasteiger partial charge in [-0.1, -0.05) is 30.3 Å². The molecule has 1 unspecified atom stereocenters. The zero-order chi connectivity index (χ0) is 21.3. The summed E-state index contributed by atoms with van der Waals surface area (Å²) in [5.41, 5.74) is 2.23. The topological polar surface area (TPSA) is 60.0 Å². The summed E-state index contributed by atoms with van der Waals surface area (Å²) >= 11 is 0. The summed E-state index contributed by atoms with van der Waals surface area (Å²) in [7, 11) is 4.77. The Morgan fingerprint density at radius 3 is 2.20 bits per heavy atom. The van der Waals surface area contributed by atoms with Crippen molar-refractivity contribution in [3.8, 4) is 17.2 Å². The zero-order valence-corrected chi connectivity index (χ0v) is 18.1. The molecule has 0 spiro atoms. The van der Waals surface area contributed by atoms with Crippen molar-refractivity contribution in [2.45, 2.75) is 31.7 Å². The first-order valence-corrected chi connectivity index (χ1v) is 10.5. The van der Waals surface area contributed by atoms with Crippen LogP contribution in [0.1, 0.15) is 36.4 Å². The lowest BCUT2D eigenvalue weighted by atomic mass is 10.0. The zero-order valence-electron chi connectivity index (χ0n) is 18.1. The van der Waals surface area contributed by atoms with Crippen LogP contribution in [0, 0.1) is 0 Å². The van der Waals surface area contributed by atoms with E-state index in [9.17, 15) is 4.79 Å². The summed E-state index contributed by atoms with van der Waals surface area (Å²) < 4.78 is 16.2. The average Bonchev–Trinajstić information content (AvgIpc) is 3.32. The van der Waals surface area contributed by atoms with E-state index >= 15 is 0 Å². The van der Waals surface area contributed by atoms with Gasteiger partial charge in [0, 0.05) is 13.0 Å². The SMILES string of the molecule is COc1cc(CCC(=O)NCC(c2ccccc2)N2CCCC2)cc(OC)c1OC. The Bertz CT molecular complexity index is 794. The number of nitrogens with one attached hydrogen (secondary N) is 1. The van der Waals surface area contributed by atoms with Gasteiger partial charge in [0.15, 0.2) is 11.5 Å². The van der Waals surface area contributed by atoms with E-state index in [2.05, 4.69) is 34.5 Å².